The first-order chi connectivity index (χ1) is 13.4. The smallest absolute Gasteiger partial charge is 0.260 e. The molecule has 0 fully saturated rings. The number of amides is 1. The number of hydrogen-bond donors (Lipinski definition) is 2. The highest BCUT2D eigenvalue weighted by Crippen LogP contribution is 2.41. The van der Waals surface area contributed by atoms with Gasteiger partial charge in [0.25, 0.3) is 5.91 Å². The van der Waals surface area contributed by atoms with E-state index in [1.807, 2.05) is 19.2 Å². The van der Waals surface area contributed by atoms with E-state index in [0.717, 1.165) is 36.2 Å². The number of nitrogens with one attached hydrogen (secondary N) is 1. The van der Waals surface area contributed by atoms with Crippen molar-refractivity contribution in [1.29, 1.82) is 0 Å². The Morgan fingerprint density at radius 3 is 2.86 bits per heavy atom. The summed E-state index contributed by atoms with van der Waals surface area (Å²) in [4.78, 5) is 14.6. The normalized spacial score (nSPS) is 18.7. The van der Waals surface area contributed by atoms with Gasteiger partial charge in [0.2, 0.25) is 0 Å². The number of rotatable bonds is 5. The third kappa shape index (κ3) is 3.53. The molecule has 2 aliphatic heterocycles. The Kier molecular flexibility index (Phi) is 4.91. The molecule has 2 aromatic rings. The van der Waals surface area contributed by atoms with E-state index in [1.165, 1.54) is 12.1 Å². The molecule has 0 radical (unpaired) electrons. The molecule has 0 spiro atoms. The summed E-state index contributed by atoms with van der Waals surface area (Å²) >= 11 is 0. The molecule has 0 saturated carbocycles. The van der Waals surface area contributed by atoms with Crippen LogP contribution in [0.3, 0.4) is 0 Å². The number of ether oxygens (including phenoxy) is 1. The third-order valence-electron chi connectivity index (χ3n) is 5.12. The van der Waals surface area contributed by atoms with Crippen molar-refractivity contribution in [2.45, 2.75) is 32.6 Å². The number of carbonyl (C=O) groups excluding carboxylic acids is 1. The number of carbonyl (C=O) groups is 1. The quantitative estimate of drug-likeness (QED) is 0.779. The number of anilines is 1. The summed E-state index contributed by atoms with van der Waals surface area (Å²) in [6.45, 7) is 3.75. The first-order valence-corrected chi connectivity index (χ1v) is 9.39. The second-order valence-corrected chi connectivity index (χ2v) is 7.50. The maximum Gasteiger partial charge on any atom is 0.260 e. The molecule has 146 valence electrons. The van der Waals surface area contributed by atoms with Crippen LogP contribution in [0.5, 0.6) is 0 Å². The molecule has 1 atom stereocenters. The summed E-state index contributed by atoms with van der Waals surface area (Å²) in [6.07, 6.45) is 0.418. The van der Waals surface area contributed by atoms with E-state index < -0.39 is 0 Å². The molecule has 2 heterocycles. The largest absolute Gasteiger partial charge is 0.487 e. The van der Waals surface area contributed by atoms with Gasteiger partial charge >= 0.3 is 0 Å². The molecule has 0 aliphatic carbocycles. The summed E-state index contributed by atoms with van der Waals surface area (Å²) < 4.78 is 19.6. The minimum absolute atomic E-state index is 0.273. The van der Waals surface area contributed by atoms with Crippen LogP contribution in [0.15, 0.2) is 36.4 Å². The van der Waals surface area contributed by atoms with Gasteiger partial charge in [-0.05, 0) is 44.2 Å². The predicted octanol–water partition coefficient (Wildman–Crippen LogP) is 3.38. The summed E-state index contributed by atoms with van der Waals surface area (Å²) in [5, 5.41) is 12.2. The van der Waals surface area contributed by atoms with Gasteiger partial charge in [-0.15, -0.1) is 0 Å². The highest BCUT2D eigenvalue weighted by molar-refractivity contribution is 6.36. The molecule has 0 saturated heterocycles. The molecule has 5 nitrogen and oxygen atoms in total. The highest BCUT2D eigenvalue weighted by atomic mass is 19.1. The lowest BCUT2D eigenvalue weighted by Crippen LogP contribution is -2.22. The SMILES string of the molecule is CC(O)CCN(C)Cc1ccc2c(c1)CO/C2=C1/C(=O)Nc2ccc(F)cc21. The standard InChI is InChI=1S/C22H23FN2O3/c1-13(26)7-8-25(2)11-14-3-5-17-15(9-14)12-28-21(17)20-18-10-16(23)4-6-19(18)24-22(20)27/h3-6,9-10,13,26H,7-8,11-12H2,1-2H3,(H,24,27)/b21-20+. The fourth-order valence-electron chi connectivity index (χ4n) is 3.68. The Hall–Kier alpha value is -2.70. The van der Waals surface area contributed by atoms with Crippen LogP contribution < -0.4 is 5.32 Å². The number of aliphatic hydroxyl groups is 1. The fourth-order valence-corrected chi connectivity index (χ4v) is 3.68. The second kappa shape index (κ2) is 7.37. The van der Waals surface area contributed by atoms with Gasteiger partial charge in [-0.3, -0.25) is 4.79 Å². The molecule has 4 rings (SSSR count). The number of benzene rings is 2. The number of aliphatic hydroxyl groups excluding tert-OH is 1. The van der Waals surface area contributed by atoms with Gasteiger partial charge in [0.15, 0.2) is 0 Å². The molecular formula is C22H23FN2O3. The van der Waals surface area contributed by atoms with Crippen LogP contribution in [0, 0.1) is 5.82 Å². The zero-order valence-corrected chi connectivity index (χ0v) is 16.0. The van der Waals surface area contributed by atoms with Crippen LogP contribution in [0.25, 0.3) is 11.3 Å². The lowest BCUT2D eigenvalue weighted by Gasteiger charge is -2.18. The van der Waals surface area contributed by atoms with Gasteiger partial charge in [-0.2, -0.15) is 0 Å². The molecule has 28 heavy (non-hydrogen) atoms. The van der Waals surface area contributed by atoms with Crippen LogP contribution in [-0.4, -0.2) is 35.6 Å². The average Bonchev–Trinajstić information content (AvgIpc) is 3.19. The van der Waals surface area contributed by atoms with Gasteiger partial charge < -0.3 is 20.1 Å². The number of fused-ring (bicyclic) bond motifs is 2. The van der Waals surface area contributed by atoms with E-state index in [9.17, 15) is 14.3 Å². The molecule has 0 bridgehead atoms. The van der Waals surface area contributed by atoms with Gasteiger partial charge in [0, 0.05) is 35.5 Å². The van der Waals surface area contributed by atoms with Crippen molar-refractivity contribution in [2.75, 3.05) is 18.9 Å². The van der Waals surface area contributed by atoms with Crippen LogP contribution in [0.2, 0.25) is 0 Å². The van der Waals surface area contributed by atoms with Gasteiger partial charge in [0.1, 0.15) is 18.2 Å². The molecule has 1 amide bonds. The van der Waals surface area contributed by atoms with Crippen molar-refractivity contribution >= 4 is 22.9 Å². The first kappa shape index (κ1) is 18.7. The molecule has 2 N–H and O–H groups in total. The number of nitrogens with zero attached hydrogens (tertiary/aromatic N) is 1. The summed E-state index contributed by atoms with van der Waals surface area (Å²) in [7, 11) is 2.02. The van der Waals surface area contributed by atoms with Crippen LogP contribution in [0.1, 0.15) is 35.6 Å². The first-order valence-electron chi connectivity index (χ1n) is 9.39. The maximum atomic E-state index is 13.7. The average molecular weight is 382 g/mol. The Bertz CT molecular complexity index is 968. The second-order valence-electron chi connectivity index (χ2n) is 7.50. The Morgan fingerprint density at radius 1 is 1.25 bits per heavy atom. The Balaban J connectivity index is 1.62. The van der Waals surface area contributed by atoms with E-state index in [-0.39, 0.29) is 17.8 Å². The molecule has 2 aliphatic rings. The maximum absolute atomic E-state index is 13.7. The minimum atomic E-state index is -0.387. The Labute approximate surface area is 163 Å². The van der Waals surface area contributed by atoms with E-state index in [0.29, 0.717) is 29.2 Å². The van der Waals surface area contributed by atoms with E-state index in [1.54, 1.807) is 13.0 Å². The number of halogens is 1. The van der Waals surface area contributed by atoms with Gasteiger partial charge in [-0.1, -0.05) is 18.2 Å². The minimum Gasteiger partial charge on any atom is -0.487 e. The topological polar surface area (TPSA) is 61.8 Å². The predicted molar refractivity (Wildman–Crippen MR) is 106 cm³/mol. The zero-order chi connectivity index (χ0) is 19.8. The monoisotopic (exact) mass is 382 g/mol. The van der Waals surface area contributed by atoms with Crippen molar-refractivity contribution in [3.63, 3.8) is 0 Å². The molecule has 2 aromatic carbocycles. The van der Waals surface area contributed by atoms with Crippen molar-refractivity contribution < 1.29 is 19.0 Å². The highest BCUT2D eigenvalue weighted by Gasteiger charge is 2.32. The van der Waals surface area contributed by atoms with E-state index in [4.69, 9.17) is 4.74 Å². The fraction of sp³-hybridized carbons (Fsp3) is 0.318. The Morgan fingerprint density at radius 2 is 2.07 bits per heavy atom. The van der Waals surface area contributed by atoms with Crippen molar-refractivity contribution in [3.05, 3.63) is 64.5 Å². The number of hydrogen-bond acceptors (Lipinski definition) is 4. The molecular weight excluding hydrogens is 359 g/mol. The van der Waals surface area contributed by atoms with Crippen LogP contribution >= 0.6 is 0 Å². The summed E-state index contributed by atoms with van der Waals surface area (Å²) in [5.74, 6) is -0.154. The van der Waals surface area contributed by atoms with Gasteiger partial charge in [0.05, 0.1) is 11.7 Å². The van der Waals surface area contributed by atoms with Crippen molar-refractivity contribution in [3.8, 4) is 0 Å². The van der Waals surface area contributed by atoms with Crippen molar-refractivity contribution in [1.82, 2.24) is 4.90 Å². The lowest BCUT2D eigenvalue weighted by molar-refractivity contribution is -0.110. The summed E-state index contributed by atoms with van der Waals surface area (Å²) in [6, 6.07) is 10.3. The summed E-state index contributed by atoms with van der Waals surface area (Å²) in [5.41, 5.74) is 4.55. The van der Waals surface area contributed by atoms with Crippen molar-refractivity contribution in [2.24, 2.45) is 0 Å². The lowest BCUT2D eigenvalue weighted by atomic mass is 9.99. The third-order valence-corrected chi connectivity index (χ3v) is 5.12. The van der Waals surface area contributed by atoms with E-state index in [2.05, 4.69) is 16.3 Å². The van der Waals surface area contributed by atoms with Gasteiger partial charge in [-0.25, -0.2) is 4.39 Å². The molecule has 6 heteroatoms. The van der Waals surface area contributed by atoms with Crippen LogP contribution in [-0.2, 0) is 22.7 Å². The van der Waals surface area contributed by atoms with Crippen LogP contribution in [0.4, 0.5) is 10.1 Å². The van der Waals surface area contributed by atoms with E-state index >= 15 is 0 Å². The molecule has 0 aromatic heterocycles. The zero-order valence-electron chi connectivity index (χ0n) is 16.0. The molecule has 1 unspecified atom stereocenters.